The third-order valence-corrected chi connectivity index (χ3v) is 7.16. The highest BCUT2D eigenvalue weighted by molar-refractivity contribution is 5.45. The Bertz CT molecular complexity index is 891. The Hall–Kier alpha value is -2.36. The Kier molecular flexibility index (Phi) is 17.4. The molecule has 0 bridgehead atoms. The third-order valence-electron chi connectivity index (χ3n) is 7.16. The fraction of sp³-hybridized carbons (Fsp3) is 0.667. The van der Waals surface area contributed by atoms with E-state index in [-0.39, 0.29) is 0 Å². The summed E-state index contributed by atoms with van der Waals surface area (Å²) in [6.45, 7) is 16.4. The van der Waals surface area contributed by atoms with Gasteiger partial charge in [-0.1, -0.05) is 79.4 Å². The summed E-state index contributed by atoms with van der Waals surface area (Å²) in [5.74, 6) is 4.98. The SMILES string of the molecule is CCCCCOc1cccc(OCCCCC)c1CCCCc1ccc(OCCC(C)C)c(OCCC(C)C)c1. The average molecular weight is 555 g/mol. The number of ether oxygens (including phenoxy) is 4. The van der Waals surface area contributed by atoms with Crippen LogP contribution in [0.25, 0.3) is 0 Å². The van der Waals surface area contributed by atoms with Crippen LogP contribution in [0.4, 0.5) is 0 Å². The molecule has 2 aromatic carbocycles. The molecule has 40 heavy (non-hydrogen) atoms. The summed E-state index contributed by atoms with van der Waals surface area (Å²) in [4.78, 5) is 0. The molecule has 4 nitrogen and oxygen atoms in total. The average Bonchev–Trinajstić information content (AvgIpc) is 2.93. The van der Waals surface area contributed by atoms with Crippen molar-refractivity contribution >= 4 is 0 Å². The van der Waals surface area contributed by atoms with Gasteiger partial charge in [0, 0.05) is 5.56 Å². The van der Waals surface area contributed by atoms with Crippen molar-refractivity contribution in [3.05, 3.63) is 47.5 Å². The lowest BCUT2D eigenvalue weighted by Crippen LogP contribution is -2.06. The van der Waals surface area contributed by atoms with E-state index < -0.39 is 0 Å². The van der Waals surface area contributed by atoms with E-state index in [1.54, 1.807) is 0 Å². The van der Waals surface area contributed by atoms with Crippen molar-refractivity contribution in [2.75, 3.05) is 26.4 Å². The highest BCUT2D eigenvalue weighted by Gasteiger charge is 2.13. The van der Waals surface area contributed by atoms with Gasteiger partial charge in [0.1, 0.15) is 11.5 Å². The summed E-state index contributed by atoms with van der Waals surface area (Å²) < 4.78 is 24.8. The molecule has 0 aliphatic heterocycles. The summed E-state index contributed by atoms with van der Waals surface area (Å²) in [5.41, 5.74) is 2.53. The van der Waals surface area contributed by atoms with Crippen molar-refractivity contribution in [3.63, 3.8) is 0 Å². The molecule has 0 aromatic heterocycles. The van der Waals surface area contributed by atoms with E-state index in [1.165, 1.54) is 36.8 Å². The van der Waals surface area contributed by atoms with Crippen LogP contribution in [-0.2, 0) is 12.8 Å². The fourth-order valence-electron chi connectivity index (χ4n) is 4.51. The summed E-state index contributed by atoms with van der Waals surface area (Å²) >= 11 is 0. The van der Waals surface area contributed by atoms with E-state index in [1.807, 2.05) is 0 Å². The molecule has 0 amide bonds. The molecule has 0 unspecified atom stereocenters. The van der Waals surface area contributed by atoms with Gasteiger partial charge in [-0.25, -0.2) is 0 Å². The molecule has 0 heterocycles. The minimum absolute atomic E-state index is 0.618. The molecule has 0 saturated heterocycles. The van der Waals surface area contributed by atoms with Gasteiger partial charge in [0.15, 0.2) is 11.5 Å². The Morgan fingerprint density at radius 1 is 0.525 bits per heavy atom. The highest BCUT2D eigenvalue weighted by atomic mass is 16.5. The Morgan fingerprint density at radius 2 is 1.05 bits per heavy atom. The zero-order valence-corrected chi connectivity index (χ0v) is 26.6. The van der Waals surface area contributed by atoms with Gasteiger partial charge in [-0.2, -0.15) is 0 Å². The van der Waals surface area contributed by atoms with Crippen LogP contribution < -0.4 is 18.9 Å². The van der Waals surface area contributed by atoms with Crippen molar-refractivity contribution in [2.24, 2.45) is 11.8 Å². The molecule has 0 aliphatic rings. The van der Waals surface area contributed by atoms with Gasteiger partial charge in [-0.15, -0.1) is 0 Å². The minimum atomic E-state index is 0.618. The van der Waals surface area contributed by atoms with Gasteiger partial charge >= 0.3 is 0 Å². The molecule has 0 aliphatic carbocycles. The number of unbranched alkanes of at least 4 members (excludes halogenated alkanes) is 5. The Balaban J connectivity index is 2.02. The molecule has 0 saturated carbocycles. The molecule has 0 N–H and O–H groups in total. The van der Waals surface area contributed by atoms with Crippen molar-refractivity contribution in [2.45, 2.75) is 119 Å². The molecule has 0 spiro atoms. The van der Waals surface area contributed by atoms with Gasteiger partial charge in [0.05, 0.1) is 26.4 Å². The standard InChI is InChI=1S/C36H58O4/c1-7-9-13-24-37-33-18-15-19-34(38-25-14-10-8-2)32(33)17-12-11-16-31-20-21-35(39-26-22-29(3)4)36(28-31)40-27-23-30(5)6/h15,18-21,28-30H,7-14,16-17,22-27H2,1-6H3. The lowest BCUT2D eigenvalue weighted by molar-refractivity contribution is 0.246. The first kappa shape index (κ1) is 33.8. The van der Waals surface area contributed by atoms with E-state index in [2.05, 4.69) is 77.9 Å². The second kappa shape index (κ2) is 20.5. The van der Waals surface area contributed by atoms with Crippen LogP contribution in [0.2, 0.25) is 0 Å². The number of hydrogen-bond acceptors (Lipinski definition) is 4. The molecule has 0 atom stereocenters. The van der Waals surface area contributed by atoms with Crippen LogP contribution in [0.1, 0.15) is 117 Å². The molecule has 0 fully saturated rings. The Labute approximate surface area is 246 Å². The first-order chi connectivity index (χ1) is 19.4. The van der Waals surface area contributed by atoms with Crippen LogP contribution in [0, 0.1) is 11.8 Å². The van der Waals surface area contributed by atoms with E-state index in [4.69, 9.17) is 18.9 Å². The van der Waals surface area contributed by atoms with Gasteiger partial charge in [-0.3, -0.25) is 0 Å². The number of benzene rings is 2. The number of aryl methyl sites for hydroxylation is 1. The van der Waals surface area contributed by atoms with Crippen LogP contribution in [0.15, 0.2) is 36.4 Å². The fourth-order valence-corrected chi connectivity index (χ4v) is 4.51. The van der Waals surface area contributed by atoms with Crippen LogP contribution >= 0.6 is 0 Å². The largest absolute Gasteiger partial charge is 0.493 e. The van der Waals surface area contributed by atoms with Crippen molar-refractivity contribution in [1.82, 2.24) is 0 Å². The van der Waals surface area contributed by atoms with Gasteiger partial charge < -0.3 is 18.9 Å². The van der Waals surface area contributed by atoms with E-state index in [0.717, 1.165) is 101 Å². The van der Waals surface area contributed by atoms with E-state index >= 15 is 0 Å². The lowest BCUT2D eigenvalue weighted by Gasteiger charge is -2.17. The third kappa shape index (κ3) is 13.8. The summed E-state index contributed by atoms with van der Waals surface area (Å²) in [6.07, 6.45) is 13.2. The summed E-state index contributed by atoms with van der Waals surface area (Å²) in [5, 5.41) is 0. The first-order valence-corrected chi connectivity index (χ1v) is 16.2. The zero-order chi connectivity index (χ0) is 29.0. The molecule has 2 aromatic rings. The number of hydrogen-bond donors (Lipinski definition) is 0. The molecule has 0 radical (unpaired) electrons. The number of rotatable bonds is 23. The van der Waals surface area contributed by atoms with Crippen LogP contribution in [0.3, 0.4) is 0 Å². The molecule has 2 rings (SSSR count). The maximum atomic E-state index is 6.24. The normalized spacial score (nSPS) is 11.3. The Morgan fingerprint density at radius 3 is 1.60 bits per heavy atom. The monoisotopic (exact) mass is 554 g/mol. The summed E-state index contributed by atoms with van der Waals surface area (Å²) in [6, 6.07) is 12.8. The quantitative estimate of drug-likeness (QED) is 0.128. The lowest BCUT2D eigenvalue weighted by atomic mass is 10.0. The maximum absolute atomic E-state index is 6.24. The minimum Gasteiger partial charge on any atom is -0.493 e. The van der Waals surface area contributed by atoms with Crippen molar-refractivity contribution in [1.29, 1.82) is 0 Å². The van der Waals surface area contributed by atoms with Gasteiger partial charge in [-0.05, 0) is 93.0 Å². The molecular formula is C36H58O4. The smallest absolute Gasteiger partial charge is 0.161 e. The molecular weight excluding hydrogens is 496 g/mol. The second-order valence-corrected chi connectivity index (χ2v) is 11.9. The van der Waals surface area contributed by atoms with Gasteiger partial charge in [0.25, 0.3) is 0 Å². The highest BCUT2D eigenvalue weighted by Crippen LogP contribution is 2.32. The maximum Gasteiger partial charge on any atom is 0.161 e. The van der Waals surface area contributed by atoms with E-state index in [9.17, 15) is 0 Å². The van der Waals surface area contributed by atoms with Crippen molar-refractivity contribution < 1.29 is 18.9 Å². The van der Waals surface area contributed by atoms with Crippen molar-refractivity contribution in [3.8, 4) is 23.0 Å². The second-order valence-electron chi connectivity index (χ2n) is 11.9. The predicted molar refractivity (Wildman–Crippen MR) is 169 cm³/mol. The molecule has 226 valence electrons. The topological polar surface area (TPSA) is 36.9 Å². The predicted octanol–water partition coefficient (Wildman–Crippen LogP) is 10.2. The molecule has 4 heteroatoms. The van der Waals surface area contributed by atoms with Gasteiger partial charge in [0.2, 0.25) is 0 Å². The zero-order valence-electron chi connectivity index (χ0n) is 26.6. The van der Waals surface area contributed by atoms with Crippen LogP contribution in [0.5, 0.6) is 23.0 Å². The first-order valence-electron chi connectivity index (χ1n) is 16.2. The van der Waals surface area contributed by atoms with E-state index in [0.29, 0.717) is 11.8 Å². The summed E-state index contributed by atoms with van der Waals surface area (Å²) in [7, 11) is 0. The van der Waals surface area contributed by atoms with Crippen LogP contribution in [-0.4, -0.2) is 26.4 Å².